The molecule has 10 heteroatoms. The van der Waals surface area contributed by atoms with Gasteiger partial charge in [0.05, 0.1) is 13.7 Å². The summed E-state index contributed by atoms with van der Waals surface area (Å²) in [7, 11) is 1.56. The number of nitrogens with one attached hydrogen (secondary N) is 2. The minimum absolute atomic E-state index is 0.233. The molecule has 170 valence electrons. The maximum atomic E-state index is 12.9. The molecule has 1 aromatic rings. The van der Waals surface area contributed by atoms with Gasteiger partial charge < -0.3 is 39.1 Å². The van der Waals surface area contributed by atoms with E-state index in [1.54, 1.807) is 59.1 Å². The number of hydrogen-bond acceptors (Lipinski definition) is 8. The number of benzene rings is 1. The zero-order chi connectivity index (χ0) is 22.4. The van der Waals surface area contributed by atoms with Crippen LogP contribution >= 0.6 is 0 Å². The van der Waals surface area contributed by atoms with E-state index in [0.717, 1.165) is 0 Å². The second-order valence-electron chi connectivity index (χ2n) is 8.58. The molecule has 3 aliphatic rings. The molecule has 31 heavy (non-hydrogen) atoms. The summed E-state index contributed by atoms with van der Waals surface area (Å²) in [6, 6.07) is 6.87. The molecule has 3 saturated heterocycles. The average Bonchev–Trinajstić information content (AvgIpc) is 3.19. The standard InChI is InChI=1S/C21H28N2O8/c1-20(2)28-14-15(29-20)17-19(31-21(3,4)30-17)27-16(14)18(25)22-10-13(24)23-11-6-8-12(26-5)9-7-11/h6-9,14-17,19H,10H2,1-5H3,(H,22,25)(H,23,24)/t14-,15+,16-,17-,19+/m1/s1. The minimum Gasteiger partial charge on any atom is -0.497 e. The van der Waals surface area contributed by atoms with Crippen LogP contribution in [0.4, 0.5) is 5.69 Å². The van der Waals surface area contributed by atoms with E-state index >= 15 is 0 Å². The van der Waals surface area contributed by atoms with Crippen molar-refractivity contribution in [1.29, 1.82) is 0 Å². The van der Waals surface area contributed by atoms with Crippen molar-refractivity contribution in [2.24, 2.45) is 0 Å². The van der Waals surface area contributed by atoms with Gasteiger partial charge in [-0.05, 0) is 52.0 Å². The second kappa shape index (κ2) is 8.03. The van der Waals surface area contributed by atoms with E-state index in [1.165, 1.54) is 0 Å². The summed E-state index contributed by atoms with van der Waals surface area (Å²) in [5, 5.41) is 5.31. The molecule has 3 heterocycles. The topological polar surface area (TPSA) is 114 Å². The molecule has 0 spiro atoms. The molecule has 0 aliphatic carbocycles. The minimum atomic E-state index is -1.01. The first kappa shape index (κ1) is 22.0. The van der Waals surface area contributed by atoms with Crippen LogP contribution in [0.1, 0.15) is 27.7 Å². The summed E-state index contributed by atoms with van der Waals surface area (Å²) in [5.41, 5.74) is 0.588. The van der Waals surface area contributed by atoms with E-state index in [9.17, 15) is 9.59 Å². The molecule has 0 bridgehead atoms. The van der Waals surface area contributed by atoms with Crippen LogP contribution in [-0.2, 0) is 33.3 Å². The molecule has 3 fully saturated rings. The van der Waals surface area contributed by atoms with Crippen molar-refractivity contribution < 1.29 is 38.0 Å². The molecule has 5 atom stereocenters. The van der Waals surface area contributed by atoms with Crippen LogP contribution < -0.4 is 15.4 Å². The van der Waals surface area contributed by atoms with Gasteiger partial charge in [0.1, 0.15) is 24.1 Å². The predicted molar refractivity (Wildman–Crippen MR) is 107 cm³/mol. The molecule has 2 N–H and O–H groups in total. The van der Waals surface area contributed by atoms with Crippen molar-refractivity contribution in [2.45, 2.75) is 70.0 Å². The van der Waals surface area contributed by atoms with E-state index < -0.39 is 48.2 Å². The summed E-state index contributed by atoms with van der Waals surface area (Å²) < 4.78 is 34.6. The van der Waals surface area contributed by atoms with Gasteiger partial charge in [0.25, 0.3) is 5.91 Å². The molecular weight excluding hydrogens is 408 g/mol. The van der Waals surface area contributed by atoms with E-state index in [2.05, 4.69) is 10.6 Å². The van der Waals surface area contributed by atoms with Gasteiger partial charge >= 0.3 is 0 Å². The number of carbonyl (C=O) groups excluding carboxylic acids is 2. The van der Waals surface area contributed by atoms with Gasteiger partial charge in [0.15, 0.2) is 24.0 Å². The fourth-order valence-electron chi connectivity index (χ4n) is 3.97. The molecule has 0 unspecified atom stereocenters. The number of carbonyl (C=O) groups is 2. The van der Waals surface area contributed by atoms with Crippen molar-refractivity contribution in [1.82, 2.24) is 5.32 Å². The lowest BCUT2D eigenvalue weighted by Gasteiger charge is -2.36. The highest BCUT2D eigenvalue weighted by Crippen LogP contribution is 2.44. The first-order valence-electron chi connectivity index (χ1n) is 10.2. The van der Waals surface area contributed by atoms with Crippen molar-refractivity contribution in [2.75, 3.05) is 19.0 Å². The quantitative estimate of drug-likeness (QED) is 0.707. The Morgan fingerprint density at radius 2 is 1.55 bits per heavy atom. The molecule has 0 saturated carbocycles. The fourth-order valence-corrected chi connectivity index (χ4v) is 3.97. The summed E-state index contributed by atoms with van der Waals surface area (Å²) in [4.78, 5) is 25.1. The normalized spacial score (nSPS) is 32.6. The molecule has 4 rings (SSSR count). The van der Waals surface area contributed by atoms with Gasteiger partial charge in [-0.2, -0.15) is 0 Å². The number of methoxy groups -OCH3 is 1. The van der Waals surface area contributed by atoms with E-state index in [0.29, 0.717) is 11.4 Å². The SMILES string of the molecule is COc1ccc(NC(=O)CNC(=O)[C@@H]2O[C@H]3OC(C)(C)O[C@@H]3[C@H]3OC(C)(C)O[C@H]32)cc1. The van der Waals surface area contributed by atoms with Gasteiger partial charge in [0.2, 0.25) is 5.91 Å². The lowest BCUT2D eigenvalue weighted by atomic mass is 9.98. The highest BCUT2D eigenvalue weighted by Gasteiger charge is 2.62. The molecular formula is C21H28N2O8. The van der Waals surface area contributed by atoms with Crippen LogP contribution in [-0.4, -0.2) is 67.7 Å². The third-order valence-electron chi connectivity index (χ3n) is 5.21. The summed E-state index contributed by atoms with van der Waals surface area (Å²) in [6.45, 7) is 6.83. The fraction of sp³-hybridized carbons (Fsp3) is 0.619. The highest BCUT2D eigenvalue weighted by atomic mass is 16.9. The van der Waals surface area contributed by atoms with Crippen molar-refractivity contribution in [3.8, 4) is 5.75 Å². The Morgan fingerprint density at radius 3 is 2.23 bits per heavy atom. The molecule has 2 amide bonds. The number of anilines is 1. The Balaban J connectivity index is 1.38. The largest absolute Gasteiger partial charge is 0.497 e. The Bertz CT molecular complexity index is 840. The monoisotopic (exact) mass is 436 g/mol. The van der Waals surface area contributed by atoms with Gasteiger partial charge in [-0.15, -0.1) is 0 Å². The summed E-state index contributed by atoms with van der Waals surface area (Å²) in [5.74, 6) is -1.98. The predicted octanol–water partition coefficient (Wildman–Crippen LogP) is 1.15. The van der Waals surface area contributed by atoms with Gasteiger partial charge in [0, 0.05) is 5.69 Å². The number of fused-ring (bicyclic) bond motifs is 3. The maximum Gasteiger partial charge on any atom is 0.252 e. The smallest absolute Gasteiger partial charge is 0.252 e. The lowest BCUT2D eigenvalue weighted by molar-refractivity contribution is -0.231. The Kier molecular flexibility index (Phi) is 5.69. The average molecular weight is 436 g/mol. The summed E-state index contributed by atoms with van der Waals surface area (Å²) >= 11 is 0. The third kappa shape index (κ3) is 4.68. The Hall–Kier alpha value is -2.24. The van der Waals surface area contributed by atoms with E-state index in [4.69, 9.17) is 28.4 Å². The van der Waals surface area contributed by atoms with Crippen molar-refractivity contribution in [3.05, 3.63) is 24.3 Å². The first-order valence-corrected chi connectivity index (χ1v) is 10.2. The number of ether oxygens (including phenoxy) is 6. The number of rotatable bonds is 5. The van der Waals surface area contributed by atoms with Crippen LogP contribution in [0.2, 0.25) is 0 Å². The van der Waals surface area contributed by atoms with Crippen molar-refractivity contribution >= 4 is 17.5 Å². The van der Waals surface area contributed by atoms with Crippen LogP contribution in [0.15, 0.2) is 24.3 Å². The van der Waals surface area contributed by atoms with Gasteiger partial charge in [-0.25, -0.2) is 0 Å². The van der Waals surface area contributed by atoms with Crippen LogP contribution in [0, 0.1) is 0 Å². The lowest BCUT2D eigenvalue weighted by Crippen LogP contribution is -2.59. The third-order valence-corrected chi connectivity index (χ3v) is 5.21. The molecule has 0 aromatic heterocycles. The van der Waals surface area contributed by atoms with Crippen LogP contribution in [0.5, 0.6) is 5.75 Å². The van der Waals surface area contributed by atoms with Gasteiger partial charge in [-0.3, -0.25) is 9.59 Å². The van der Waals surface area contributed by atoms with Crippen molar-refractivity contribution in [3.63, 3.8) is 0 Å². The zero-order valence-electron chi connectivity index (χ0n) is 18.2. The molecule has 0 radical (unpaired) electrons. The van der Waals surface area contributed by atoms with Crippen LogP contribution in [0.3, 0.4) is 0 Å². The highest BCUT2D eigenvalue weighted by molar-refractivity contribution is 5.95. The number of hydrogen-bond donors (Lipinski definition) is 2. The van der Waals surface area contributed by atoms with Crippen LogP contribution in [0.25, 0.3) is 0 Å². The molecule has 1 aromatic carbocycles. The summed E-state index contributed by atoms with van der Waals surface area (Å²) in [6.07, 6.45) is -3.56. The second-order valence-corrected chi connectivity index (χ2v) is 8.58. The van der Waals surface area contributed by atoms with E-state index in [-0.39, 0.29) is 12.5 Å². The van der Waals surface area contributed by atoms with E-state index in [1.807, 2.05) is 0 Å². The van der Waals surface area contributed by atoms with Gasteiger partial charge in [-0.1, -0.05) is 0 Å². The molecule has 3 aliphatic heterocycles. The molecule has 10 nitrogen and oxygen atoms in total. The Labute approximate surface area is 180 Å². The number of amides is 2. The first-order chi connectivity index (χ1) is 14.6. The zero-order valence-corrected chi connectivity index (χ0v) is 18.2. The Morgan fingerprint density at radius 1 is 0.935 bits per heavy atom. The maximum absolute atomic E-state index is 12.9.